The summed E-state index contributed by atoms with van der Waals surface area (Å²) in [4.78, 5) is 5.99. The van der Waals surface area contributed by atoms with E-state index in [2.05, 4.69) is 38.7 Å². The first-order valence-electron chi connectivity index (χ1n) is 13.1. The Morgan fingerprint density at radius 2 is 1.47 bits per heavy atom. The van der Waals surface area contributed by atoms with E-state index in [4.69, 9.17) is 11.0 Å². The van der Waals surface area contributed by atoms with Crippen molar-refractivity contribution in [1.29, 1.82) is 5.26 Å². The number of hydrogen-bond acceptors (Lipinski definition) is 6. The maximum atomic E-state index is 8.98. The van der Waals surface area contributed by atoms with E-state index in [0.29, 0.717) is 23.0 Å². The van der Waals surface area contributed by atoms with Crippen molar-refractivity contribution in [1.82, 2.24) is 25.5 Å². The molecule has 186 valence electrons. The summed E-state index contributed by atoms with van der Waals surface area (Å²) in [6.07, 6.45) is 18.7. The third-order valence-electron chi connectivity index (χ3n) is 5.87. The van der Waals surface area contributed by atoms with Crippen LogP contribution in [0, 0.1) is 11.3 Å². The number of nitrogens with two attached hydrogens (primary N) is 1. The summed E-state index contributed by atoms with van der Waals surface area (Å²) < 4.78 is 0. The van der Waals surface area contributed by atoms with Crippen LogP contribution >= 0.6 is 0 Å². The summed E-state index contributed by atoms with van der Waals surface area (Å²) in [5.41, 5.74) is 6.93. The summed E-state index contributed by atoms with van der Waals surface area (Å²) in [5, 5.41) is 24.6. The Hall–Kier alpha value is -2.79. The highest BCUT2D eigenvalue weighted by Crippen LogP contribution is 2.14. The molecule has 0 spiro atoms. The highest BCUT2D eigenvalue weighted by molar-refractivity contribution is 5.83. The van der Waals surface area contributed by atoms with E-state index in [-0.39, 0.29) is 6.54 Å². The summed E-state index contributed by atoms with van der Waals surface area (Å²) in [6.45, 7) is 3.28. The van der Waals surface area contributed by atoms with Crippen molar-refractivity contribution in [3.63, 3.8) is 0 Å². The normalized spacial score (nSPS) is 11.5. The number of benzene rings is 1. The van der Waals surface area contributed by atoms with Crippen LogP contribution in [0.25, 0.3) is 0 Å². The topological polar surface area (TPSA) is 118 Å². The van der Waals surface area contributed by atoms with Crippen molar-refractivity contribution in [3.8, 4) is 6.07 Å². The zero-order chi connectivity index (χ0) is 24.3. The van der Waals surface area contributed by atoms with Gasteiger partial charge in [-0.05, 0) is 35.9 Å². The molecular weight excluding hydrogens is 424 g/mol. The molecule has 0 aliphatic rings. The fourth-order valence-corrected chi connectivity index (χ4v) is 3.82. The fourth-order valence-electron chi connectivity index (χ4n) is 3.82. The molecule has 0 saturated carbocycles. The van der Waals surface area contributed by atoms with Crippen molar-refractivity contribution in [3.05, 3.63) is 35.7 Å². The molecule has 8 heteroatoms. The lowest BCUT2D eigenvalue weighted by Gasteiger charge is -2.08. The lowest BCUT2D eigenvalue weighted by molar-refractivity contribution is 0.534. The van der Waals surface area contributed by atoms with Crippen LogP contribution in [0.4, 0.5) is 5.69 Å². The molecule has 1 aromatic carbocycles. The Bertz CT molecular complexity index is 850. The van der Waals surface area contributed by atoms with E-state index in [0.717, 1.165) is 13.0 Å². The van der Waals surface area contributed by atoms with Crippen molar-refractivity contribution in [2.24, 2.45) is 10.7 Å². The number of aliphatic imine (C=N–C) groups is 1. The van der Waals surface area contributed by atoms with Gasteiger partial charge in [-0.25, -0.2) is 4.99 Å². The van der Waals surface area contributed by atoms with Crippen molar-refractivity contribution in [2.45, 2.75) is 103 Å². The molecule has 0 radical (unpaired) electrons. The largest absolute Gasteiger partial charge is 0.353 e. The highest BCUT2D eigenvalue weighted by atomic mass is 15.6. The predicted molar refractivity (Wildman–Crippen MR) is 138 cm³/mol. The second-order valence-corrected chi connectivity index (χ2v) is 8.82. The summed E-state index contributed by atoms with van der Waals surface area (Å²) >= 11 is 0. The first-order chi connectivity index (χ1) is 16.8. The first-order valence-corrected chi connectivity index (χ1v) is 13.1. The molecule has 0 atom stereocenters. The number of nitrogens with one attached hydrogen (secondary N) is 1. The Kier molecular flexibility index (Phi) is 14.3. The molecule has 1 heterocycles. The second kappa shape index (κ2) is 17.7. The van der Waals surface area contributed by atoms with Gasteiger partial charge in [-0.2, -0.15) is 5.26 Å². The van der Waals surface area contributed by atoms with Crippen LogP contribution in [0.3, 0.4) is 0 Å². The lowest BCUT2D eigenvalue weighted by atomic mass is 10.0. The number of nitriles is 1. The lowest BCUT2D eigenvalue weighted by Crippen LogP contribution is -2.33. The maximum absolute atomic E-state index is 8.98. The van der Waals surface area contributed by atoms with Gasteiger partial charge in [0.2, 0.25) is 5.96 Å². The van der Waals surface area contributed by atoms with Gasteiger partial charge < -0.3 is 11.1 Å². The summed E-state index contributed by atoms with van der Waals surface area (Å²) in [7, 11) is 0. The Balaban J connectivity index is 1.63. The molecule has 34 heavy (non-hydrogen) atoms. The van der Waals surface area contributed by atoms with Crippen molar-refractivity contribution >= 4 is 11.6 Å². The molecule has 0 saturated heterocycles. The molecule has 2 aromatic rings. The molecule has 3 N–H and O–H groups in total. The highest BCUT2D eigenvalue weighted by Gasteiger charge is 2.08. The van der Waals surface area contributed by atoms with Crippen molar-refractivity contribution < 1.29 is 0 Å². The number of unbranched alkanes of at least 4 members (excludes halogenated alkanes) is 13. The third-order valence-corrected chi connectivity index (χ3v) is 5.87. The van der Waals surface area contributed by atoms with Crippen LogP contribution in [0.5, 0.6) is 0 Å². The van der Waals surface area contributed by atoms with Gasteiger partial charge in [0.25, 0.3) is 0 Å². The van der Waals surface area contributed by atoms with Gasteiger partial charge >= 0.3 is 0 Å². The van der Waals surface area contributed by atoms with E-state index < -0.39 is 0 Å². The zero-order valence-electron chi connectivity index (χ0n) is 20.9. The summed E-state index contributed by atoms with van der Waals surface area (Å²) in [6, 6.07) is 9.19. The average Bonchev–Trinajstić information content (AvgIpc) is 3.35. The minimum atomic E-state index is 0.225. The average molecular weight is 467 g/mol. The number of rotatable bonds is 17. The first kappa shape index (κ1) is 27.5. The molecule has 0 aliphatic carbocycles. The quantitative estimate of drug-likeness (QED) is 0.178. The minimum Gasteiger partial charge on any atom is -0.353 e. The third kappa shape index (κ3) is 11.4. The second-order valence-electron chi connectivity index (χ2n) is 8.82. The molecule has 0 aliphatic heterocycles. The minimum absolute atomic E-state index is 0.225. The molecule has 1 aromatic heterocycles. The monoisotopic (exact) mass is 466 g/mol. The summed E-state index contributed by atoms with van der Waals surface area (Å²) in [5.74, 6) is 0.970. The maximum Gasteiger partial charge on any atom is 0.244 e. The molecule has 0 unspecified atom stereocenters. The van der Waals surface area contributed by atoms with Crippen LogP contribution in [0.15, 0.2) is 29.3 Å². The van der Waals surface area contributed by atoms with Gasteiger partial charge in [-0.1, -0.05) is 95.2 Å². The molecule has 8 nitrogen and oxygen atoms in total. The van der Waals surface area contributed by atoms with Crippen molar-refractivity contribution in [2.75, 3.05) is 6.54 Å². The predicted octanol–water partition coefficient (Wildman–Crippen LogP) is 5.61. The van der Waals surface area contributed by atoms with Crippen LogP contribution in [0.2, 0.25) is 0 Å². The van der Waals surface area contributed by atoms with E-state index in [9.17, 15) is 0 Å². The van der Waals surface area contributed by atoms with E-state index in [1.807, 2.05) is 0 Å². The van der Waals surface area contributed by atoms with Gasteiger partial charge in [0.15, 0.2) is 5.82 Å². The Morgan fingerprint density at radius 1 is 0.912 bits per heavy atom. The van der Waals surface area contributed by atoms with Gasteiger partial charge in [0.05, 0.1) is 23.9 Å². The standard InChI is InChI=1S/C26H42N8/c1-2-3-4-5-6-7-8-9-10-11-12-13-14-15-20-29-26(34-32-25(22-28)31-33-34)30-24-18-16-23(21-27)17-19-24/h16-19H,2-15,20,22,28H2,1H3,(H,29,30). The van der Waals surface area contributed by atoms with E-state index in [1.54, 1.807) is 24.3 Å². The molecular formula is C26H42N8. The molecule has 0 fully saturated rings. The van der Waals surface area contributed by atoms with Gasteiger partial charge in [0.1, 0.15) is 0 Å². The molecule has 2 rings (SSSR count). The molecule has 0 amide bonds. The van der Waals surface area contributed by atoms with E-state index >= 15 is 0 Å². The number of hydrogen-bond donors (Lipinski definition) is 2. The number of tetrazole rings is 1. The Morgan fingerprint density at radius 3 is 1.97 bits per heavy atom. The van der Waals surface area contributed by atoms with E-state index in [1.165, 1.54) is 88.3 Å². The van der Waals surface area contributed by atoms with Crippen LogP contribution in [0.1, 0.15) is 108 Å². The smallest absolute Gasteiger partial charge is 0.244 e. The zero-order valence-corrected chi connectivity index (χ0v) is 20.9. The number of aromatic nitrogens is 4. The Labute approximate surface area is 205 Å². The number of nitrogens with zero attached hydrogens (tertiary/aromatic N) is 6. The van der Waals surface area contributed by atoms with Gasteiger partial charge in [-0.3, -0.25) is 0 Å². The van der Waals surface area contributed by atoms with Gasteiger partial charge in [-0.15, -0.1) is 10.2 Å². The fraction of sp³-hybridized carbons (Fsp3) is 0.654. The van der Waals surface area contributed by atoms with Gasteiger partial charge in [0, 0.05) is 6.54 Å². The SMILES string of the molecule is CCCCCCCCCCCCCCCCNC(=Nc1ccc(C#N)cc1)n1nnc(CN)n1. The van der Waals surface area contributed by atoms with Crippen LogP contribution in [-0.4, -0.2) is 32.7 Å². The van der Waals surface area contributed by atoms with Crippen LogP contribution < -0.4 is 11.1 Å². The molecule has 0 bridgehead atoms. The van der Waals surface area contributed by atoms with Crippen LogP contribution in [-0.2, 0) is 6.54 Å².